The highest BCUT2D eigenvalue weighted by atomic mass is 19.1. The molecule has 0 saturated carbocycles. The molecule has 0 saturated heterocycles. The summed E-state index contributed by atoms with van der Waals surface area (Å²) in [6, 6.07) is 7.56. The summed E-state index contributed by atoms with van der Waals surface area (Å²) in [7, 11) is 0. The van der Waals surface area contributed by atoms with Gasteiger partial charge in [0, 0.05) is 30.2 Å². The van der Waals surface area contributed by atoms with Gasteiger partial charge in [-0.05, 0) is 17.7 Å². The first kappa shape index (κ1) is 16.7. The van der Waals surface area contributed by atoms with Crippen LogP contribution in [0.15, 0.2) is 36.4 Å². The van der Waals surface area contributed by atoms with E-state index in [0.717, 1.165) is 6.07 Å². The number of anilines is 2. The van der Waals surface area contributed by atoms with Gasteiger partial charge in [-0.3, -0.25) is 10.1 Å². The van der Waals surface area contributed by atoms with Gasteiger partial charge in [0.25, 0.3) is 5.69 Å². The van der Waals surface area contributed by atoms with E-state index >= 15 is 0 Å². The van der Waals surface area contributed by atoms with Crippen LogP contribution in [0.1, 0.15) is 19.4 Å². The van der Waals surface area contributed by atoms with Gasteiger partial charge in [-0.25, -0.2) is 8.78 Å². The molecule has 0 aliphatic heterocycles. The first-order chi connectivity index (χ1) is 10.7. The fraction of sp³-hybridized carbons (Fsp3) is 0.250. The van der Waals surface area contributed by atoms with E-state index in [4.69, 9.17) is 5.73 Å². The smallest absolute Gasteiger partial charge is 0.271 e. The highest BCUT2D eigenvalue weighted by molar-refractivity contribution is 5.69. The Kier molecular flexibility index (Phi) is 4.49. The number of non-ortho nitro benzene ring substituents is 1. The number of rotatable bonds is 5. The largest absolute Gasteiger partial charge is 0.397 e. The van der Waals surface area contributed by atoms with E-state index in [9.17, 15) is 18.9 Å². The molecule has 0 aromatic heterocycles. The Morgan fingerprint density at radius 1 is 1.22 bits per heavy atom. The van der Waals surface area contributed by atoms with E-state index < -0.39 is 22.0 Å². The number of benzene rings is 2. The molecular formula is C16H17F2N3O2. The lowest BCUT2D eigenvalue weighted by molar-refractivity contribution is -0.384. The molecule has 2 aromatic carbocycles. The molecule has 0 unspecified atom stereocenters. The Balaban J connectivity index is 2.17. The van der Waals surface area contributed by atoms with E-state index in [1.807, 2.05) is 0 Å². The van der Waals surface area contributed by atoms with Gasteiger partial charge in [-0.15, -0.1) is 0 Å². The summed E-state index contributed by atoms with van der Waals surface area (Å²) >= 11 is 0. The maximum Gasteiger partial charge on any atom is 0.271 e. The molecule has 0 amide bonds. The lowest BCUT2D eigenvalue weighted by Gasteiger charge is -2.27. The third-order valence-corrected chi connectivity index (χ3v) is 3.63. The SMILES string of the molecule is CC(C)(CNc1ccc([N+](=O)[O-])cc1N)c1ccc(F)cc1F. The number of nitro benzene ring substituents is 1. The molecule has 2 aromatic rings. The molecule has 0 atom stereocenters. The third-order valence-electron chi connectivity index (χ3n) is 3.63. The topological polar surface area (TPSA) is 81.2 Å². The minimum Gasteiger partial charge on any atom is -0.397 e. The minimum atomic E-state index is -0.633. The molecule has 5 nitrogen and oxygen atoms in total. The number of nitrogens with zero attached hydrogens (tertiary/aromatic N) is 1. The van der Waals surface area contributed by atoms with Crippen LogP contribution in [0.4, 0.5) is 25.8 Å². The molecule has 0 fully saturated rings. The monoisotopic (exact) mass is 321 g/mol. The van der Waals surface area contributed by atoms with E-state index in [2.05, 4.69) is 5.32 Å². The minimum absolute atomic E-state index is 0.100. The Labute approximate surface area is 132 Å². The summed E-state index contributed by atoms with van der Waals surface area (Å²) in [5.41, 5.74) is 6.17. The summed E-state index contributed by atoms with van der Waals surface area (Å²) in [6.45, 7) is 3.92. The molecule has 0 heterocycles. The fourth-order valence-corrected chi connectivity index (χ4v) is 2.27. The summed E-state index contributed by atoms with van der Waals surface area (Å²) in [4.78, 5) is 10.2. The average molecular weight is 321 g/mol. The number of halogens is 2. The second-order valence-corrected chi connectivity index (χ2v) is 5.89. The van der Waals surface area contributed by atoms with Gasteiger partial charge in [0.1, 0.15) is 11.6 Å². The van der Waals surface area contributed by atoms with E-state index in [1.54, 1.807) is 13.8 Å². The van der Waals surface area contributed by atoms with Crippen molar-refractivity contribution in [1.82, 2.24) is 0 Å². The zero-order chi connectivity index (χ0) is 17.2. The molecule has 0 bridgehead atoms. The van der Waals surface area contributed by atoms with Crippen LogP contribution < -0.4 is 11.1 Å². The molecule has 3 N–H and O–H groups in total. The van der Waals surface area contributed by atoms with Gasteiger partial charge >= 0.3 is 0 Å². The van der Waals surface area contributed by atoms with Crippen LogP contribution in [0, 0.1) is 21.7 Å². The van der Waals surface area contributed by atoms with Crippen LogP contribution in [0.25, 0.3) is 0 Å². The van der Waals surface area contributed by atoms with Crippen LogP contribution in [-0.2, 0) is 5.41 Å². The zero-order valence-corrected chi connectivity index (χ0v) is 12.8. The maximum atomic E-state index is 13.9. The Bertz CT molecular complexity index is 748. The van der Waals surface area contributed by atoms with Crippen molar-refractivity contribution < 1.29 is 13.7 Å². The summed E-state index contributed by atoms with van der Waals surface area (Å²) < 4.78 is 26.9. The molecule has 0 aliphatic rings. The Hall–Kier alpha value is -2.70. The molecule has 122 valence electrons. The highest BCUT2D eigenvalue weighted by Gasteiger charge is 2.24. The van der Waals surface area contributed by atoms with Gasteiger partial charge in [0.15, 0.2) is 0 Å². The van der Waals surface area contributed by atoms with Crippen molar-refractivity contribution in [1.29, 1.82) is 0 Å². The van der Waals surface area contributed by atoms with Gasteiger partial charge < -0.3 is 11.1 Å². The molecule has 2 rings (SSSR count). The van der Waals surface area contributed by atoms with E-state index in [1.165, 1.54) is 30.3 Å². The normalized spacial score (nSPS) is 11.3. The van der Waals surface area contributed by atoms with Crippen LogP contribution in [0.5, 0.6) is 0 Å². The second-order valence-electron chi connectivity index (χ2n) is 5.89. The summed E-state index contributed by atoms with van der Waals surface area (Å²) in [6.07, 6.45) is 0. The van der Waals surface area contributed by atoms with Gasteiger partial charge in [0.2, 0.25) is 0 Å². The quantitative estimate of drug-likeness (QED) is 0.498. The van der Waals surface area contributed by atoms with Crippen molar-refractivity contribution in [2.45, 2.75) is 19.3 Å². The number of nitro groups is 1. The second kappa shape index (κ2) is 6.20. The van der Waals surface area contributed by atoms with Crippen molar-refractivity contribution in [2.24, 2.45) is 0 Å². The lowest BCUT2D eigenvalue weighted by Crippen LogP contribution is -2.29. The third kappa shape index (κ3) is 3.74. The Morgan fingerprint density at radius 2 is 1.91 bits per heavy atom. The molecule has 0 spiro atoms. The maximum absolute atomic E-state index is 13.9. The molecule has 7 heteroatoms. The summed E-state index contributed by atoms with van der Waals surface area (Å²) in [5.74, 6) is -1.25. The van der Waals surface area contributed by atoms with Crippen LogP contribution in [0.2, 0.25) is 0 Å². The van der Waals surface area contributed by atoms with Crippen molar-refractivity contribution >= 4 is 17.1 Å². The standard InChI is InChI=1S/C16H17F2N3O2/c1-16(2,12-5-3-10(17)7-13(12)18)9-20-15-6-4-11(21(22)23)8-14(15)19/h3-8,20H,9,19H2,1-2H3. The highest BCUT2D eigenvalue weighted by Crippen LogP contribution is 2.29. The number of nitrogens with two attached hydrogens (primary N) is 1. The van der Waals surface area contributed by atoms with E-state index in [0.29, 0.717) is 17.8 Å². The fourth-order valence-electron chi connectivity index (χ4n) is 2.27. The molecule has 23 heavy (non-hydrogen) atoms. The Morgan fingerprint density at radius 3 is 2.48 bits per heavy atom. The molecule has 0 aliphatic carbocycles. The number of nitrogens with one attached hydrogen (secondary N) is 1. The van der Waals surface area contributed by atoms with Gasteiger partial charge in [-0.1, -0.05) is 19.9 Å². The molecule has 0 radical (unpaired) electrons. The van der Waals surface area contributed by atoms with Crippen LogP contribution >= 0.6 is 0 Å². The number of hydrogen-bond donors (Lipinski definition) is 2. The molecular weight excluding hydrogens is 304 g/mol. The predicted molar refractivity (Wildman–Crippen MR) is 85.4 cm³/mol. The van der Waals surface area contributed by atoms with Crippen LogP contribution in [0.3, 0.4) is 0 Å². The van der Waals surface area contributed by atoms with Crippen LogP contribution in [-0.4, -0.2) is 11.5 Å². The van der Waals surface area contributed by atoms with Crippen molar-refractivity contribution in [3.8, 4) is 0 Å². The predicted octanol–water partition coefficient (Wildman–Crippen LogP) is 3.84. The average Bonchev–Trinajstić information content (AvgIpc) is 2.45. The van der Waals surface area contributed by atoms with Gasteiger partial charge in [-0.2, -0.15) is 0 Å². The summed E-state index contributed by atoms with van der Waals surface area (Å²) in [5, 5.41) is 13.7. The first-order valence-electron chi connectivity index (χ1n) is 6.94. The first-order valence-corrected chi connectivity index (χ1v) is 6.94. The van der Waals surface area contributed by atoms with Gasteiger partial charge in [0.05, 0.1) is 16.3 Å². The van der Waals surface area contributed by atoms with Crippen molar-refractivity contribution in [3.63, 3.8) is 0 Å². The number of hydrogen-bond acceptors (Lipinski definition) is 4. The van der Waals surface area contributed by atoms with E-state index in [-0.39, 0.29) is 11.4 Å². The lowest BCUT2D eigenvalue weighted by atomic mass is 9.84. The van der Waals surface area contributed by atoms with Crippen molar-refractivity contribution in [2.75, 3.05) is 17.6 Å². The number of nitrogen functional groups attached to an aromatic ring is 1. The van der Waals surface area contributed by atoms with Crippen molar-refractivity contribution in [3.05, 3.63) is 63.7 Å². The zero-order valence-electron chi connectivity index (χ0n) is 12.8.